The summed E-state index contributed by atoms with van der Waals surface area (Å²) in [5.41, 5.74) is 1.84. The first-order valence-electron chi connectivity index (χ1n) is 7.42. The summed E-state index contributed by atoms with van der Waals surface area (Å²) in [7, 11) is 5.12. The number of anilines is 1. The van der Waals surface area contributed by atoms with E-state index in [1.54, 1.807) is 37.0 Å². The molecule has 0 unspecified atom stereocenters. The molecule has 0 N–H and O–H groups in total. The van der Waals surface area contributed by atoms with Crippen LogP contribution in [0, 0.1) is 5.82 Å². The number of halogens is 1. The number of methoxy groups -OCH3 is 1. The minimum atomic E-state index is -0.450. The maximum atomic E-state index is 13.7. The summed E-state index contributed by atoms with van der Waals surface area (Å²) in [4.78, 5) is 9.92. The first-order valence-corrected chi connectivity index (χ1v) is 7.42. The van der Waals surface area contributed by atoms with Crippen LogP contribution >= 0.6 is 0 Å². The van der Waals surface area contributed by atoms with E-state index in [0.29, 0.717) is 12.4 Å². The van der Waals surface area contributed by atoms with Gasteiger partial charge in [-0.15, -0.1) is 0 Å². The van der Waals surface area contributed by atoms with Gasteiger partial charge in [0, 0.05) is 20.3 Å². The smallest absolute Gasteiger partial charge is 0.183 e. The lowest BCUT2D eigenvalue weighted by Gasteiger charge is -2.12. The van der Waals surface area contributed by atoms with Crippen molar-refractivity contribution in [2.45, 2.75) is 6.54 Å². The average molecular weight is 327 g/mol. The van der Waals surface area contributed by atoms with E-state index in [1.807, 2.05) is 30.5 Å². The van der Waals surface area contributed by atoms with Crippen molar-refractivity contribution in [1.29, 1.82) is 0 Å². The van der Waals surface area contributed by atoms with Crippen LogP contribution in [0.4, 0.5) is 10.2 Å². The predicted molar refractivity (Wildman–Crippen MR) is 89.6 cm³/mol. The molecular weight excluding hydrogens is 309 g/mol. The van der Waals surface area contributed by atoms with E-state index in [-0.39, 0.29) is 5.82 Å². The van der Waals surface area contributed by atoms with Crippen molar-refractivity contribution in [2.24, 2.45) is 0 Å². The van der Waals surface area contributed by atoms with Crippen molar-refractivity contribution in [3.8, 4) is 17.1 Å². The summed E-state index contributed by atoms with van der Waals surface area (Å²) in [6, 6.07) is 7.79. The maximum absolute atomic E-state index is 13.7. The van der Waals surface area contributed by atoms with E-state index < -0.39 is 5.82 Å². The van der Waals surface area contributed by atoms with E-state index in [1.165, 1.54) is 6.20 Å². The highest BCUT2D eigenvalue weighted by atomic mass is 19.1. The van der Waals surface area contributed by atoms with Crippen LogP contribution in [0.15, 0.2) is 42.9 Å². The molecule has 0 spiro atoms. The molecule has 7 heteroatoms. The fourth-order valence-electron chi connectivity index (χ4n) is 2.29. The van der Waals surface area contributed by atoms with E-state index in [9.17, 15) is 4.39 Å². The first kappa shape index (κ1) is 15.9. The van der Waals surface area contributed by atoms with E-state index >= 15 is 0 Å². The zero-order valence-electron chi connectivity index (χ0n) is 13.8. The third-order valence-corrected chi connectivity index (χ3v) is 3.54. The Kier molecular flexibility index (Phi) is 4.41. The molecule has 0 aliphatic rings. The largest absolute Gasteiger partial charge is 0.497 e. The molecule has 124 valence electrons. The van der Waals surface area contributed by atoms with Crippen LogP contribution in [0.3, 0.4) is 0 Å². The van der Waals surface area contributed by atoms with E-state index in [0.717, 1.165) is 16.9 Å². The summed E-state index contributed by atoms with van der Waals surface area (Å²) in [5, 5.41) is 4.33. The van der Waals surface area contributed by atoms with Crippen molar-refractivity contribution >= 4 is 5.82 Å². The topological polar surface area (TPSA) is 56.1 Å². The summed E-state index contributed by atoms with van der Waals surface area (Å²) in [6.07, 6.45) is 4.70. The number of hydrogen-bond acceptors (Lipinski definition) is 5. The number of aromatic nitrogens is 4. The molecule has 0 atom stereocenters. The molecule has 6 nitrogen and oxygen atoms in total. The van der Waals surface area contributed by atoms with Crippen molar-refractivity contribution in [2.75, 3.05) is 26.1 Å². The predicted octanol–water partition coefficient (Wildman–Crippen LogP) is 2.60. The van der Waals surface area contributed by atoms with Gasteiger partial charge in [-0.25, -0.2) is 14.4 Å². The second-order valence-electron chi connectivity index (χ2n) is 5.53. The van der Waals surface area contributed by atoms with Gasteiger partial charge in [-0.2, -0.15) is 5.10 Å². The minimum Gasteiger partial charge on any atom is -0.497 e. The molecule has 3 rings (SSSR count). The Morgan fingerprint density at radius 3 is 2.58 bits per heavy atom. The van der Waals surface area contributed by atoms with Gasteiger partial charge in [-0.3, -0.25) is 4.68 Å². The Balaban J connectivity index is 1.81. The molecule has 3 aromatic rings. The van der Waals surface area contributed by atoms with Gasteiger partial charge in [0.05, 0.1) is 31.6 Å². The third-order valence-electron chi connectivity index (χ3n) is 3.54. The molecule has 0 aliphatic carbocycles. The van der Waals surface area contributed by atoms with Crippen molar-refractivity contribution in [1.82, 2.24) is 19.7 Å². The van der Waals surface area contributed by atoms with Gasteiger partial charge >= 0.3 is 0 Å². The summed E-state index contributed by atoms with van der Waals surface area (Å²) in [5.74, 6) is 1.06. The molecule has 0 amide bonds. The number of ether oxygens (including phenoxy) is 1. The first-order chi connectivity index (χ1) is 11.6. The van der Waals surface area contributed by atoms with Crippen LogP contribution < -0.4 is 9.64 Å². The number of benzene rings is 1. The van der Waals surface area contributed by atoms with Gasteiger partial charge < -0.3 is 9.64 Å². The monoisotopic (exact) mass is 327 g/mol. The standard InChI is InChI=1S/C17H18FN5O/c1-22(2)17-15(18)9-19-16(21-17)13-8-20-23(11-13)10-12-4-6-14(24-3)7-5-12/h4-9,11H,10H2,1-3H3. The van der Waals surface area contributed by atoms with Crippen LogP contribution in [-0.2, 0) is 6.54 Å². The van der Waals surface area contributed by atoms with Crippen LogP contribution in [0.5, 0.6) is 5.75 Å². The van der Waals surface area contributed by atoms with Gasteiger partial charge in [0.25, 0.3) is 0 Å². The van der Waals surface area contributed by atoms with Gasteiger partial charge in [0.15, 0.2) is 17.5 Å². The molecule has 0 radical (unpaired) electrons. The summed E-state index contributed by atoms with van der Waals surface area (Å²) >= 11 is 0. The van der Waals surface area contributed by atoms with Crippen LogP contribution in [0.2, 0.25) is 0 Å². The number of rotatable bonds is 5. The van der Waals surface area contributed by atoms with Gasteiger partial charge in [0.2, 0.25) is 0 Å². The fourth-order valence-corrected chi connectivity index (χ4v) is 2.29. The lowest BCUT2D eigenvalue weighted by molar-refractivity contribution is 0.414. The molecule has 2 heterocycles. The average Bonchev–Trinajstić information content (AvgIpc) is 3.04. The molecule has 0 aliphatic heterocycles. The van der Waals surface area contributed by atoms with Crippen LogP contribution in [0.25, 0.3) is 11.4 Å². The molecule has 0 bridgehead atoms. The van der Waals surface area contributed by atoms with Crippen molar-refractivity contribution < 1.29 is 9.13 Å². The third kappa shape index (κ3) is 3.34. The minimum absolute atomic E-state index is 0.253. The van der Waals surface area contributed by atoms with E-state index in [4.69, 9.17) is 4.74 Å². The Morgan fingerprint density at radius 1 is 1.17 bits per heavy atom. The molecular formula is C17H18FN5O. The second-order valence-corrected chi connectivity index (χ2v) is 5.53. The lowest BCUT2D eigenvalue weighted by Crippen LogP contribution is -2.13. The zero-order chi connectivity index (χ0) is 17.1. The zero-order valence-corrected chi connectivity index (χ0v) is 13.8. The Bertz CT molecular complexity index is 829. The Labute approximate surface area is 139 Å². The Morgan fingerprint density at radius 2 is 1.92 bits per heavy atom. The van der Waals surface area contributed by atoms with Crippen molar-refractivity contribution in [3.05, 3.63) is 54.2 Å². The lowest BCUT2D eigenvalue weighted by atomic mass is 10.2. The fraction of sp³-hybridized carbons (Fsp3) is 0.235. The molecule has 2 aromatic heterocycles. The quantitative estimate of drug-likeness (QED) is 0.721. The second kappa shape index (κ2) is 6.66. The van der Waals surface area contributed by atoms with Crippen molar-refractivity contribution in [3.63, 3.8) is 0 Å². The van der Waals surface area contributed by atoms with Gasteiger partial charge in [-0.1, -0.05) is 12.1 Å². The van der Waals surface area contributed by atoms with Gasteiger partial charge in [-0.05, 0) is 17.7 Å². The Hall–Kier alpha value is -2.96. The SMILES string of the molecule is COc1ccc(Cn2cc(-c3ncc(F)c(N(C)C)n3)cn2)cc1. The summed E-state index contributed by atoms with van der Waals surface area (Å²) in [6.45, 7) is 0.617. The molecule has 0 fully saturated rings. The molecule has 0 saturated carbocycles. The normalized spacial score (nSPS) is 10.7. The molecule has 24 heavy (non-hydrogen) atoms. The van der Waals surface area contributed by atoms with Gasteiger partial charge in [0.1, 0.15) is 5.75 Å². The number of nitrogens with zero attached hydrogens (tertiary/aromatic N) is 5. The van der Waals surface area contributed by atoms with E-state index in [2.05, 4.69) is 15.1 Å². The van der Waals surface area contributed by atoms with Crippen LogP contribution in [0.1, 0.15) is 5.56 Å². The van der Waals surface area contributed by atoms with Crippen LogP contribution in [-0.4, -0.2) is 41.0 Å². The highest BCUT2D eigenvalue weighted by Gasteiger charge is 2.11. The number of hydrogen-bond donors (Lipinski definition) is 0. The highest BCUT2D eigenvalue weighted by Crippen LogP contribution is 2.20. The maximum Gasteiger partial charge on any atom is 0.183 e. The summed E-state index contributed by atoms with van der Waals surface area (Å²) < 4.78 is 20.6. The molecule has 0 saturated heterocycles. The molecule has 1 aromatic carbocycles. The highest BCUT2D eigenvalue weighted by molar-refractivity contribution is 5.55.